The Morgan fingerprint density at radius 1 is 0.674 bits per heavy atom. The Hall–Kier alpha value is -5.41. The molecule has 0 amide bonds. The number of hydrogen-bond acceptors (Lipinski definition) is 3. The number of fused-ring (bicyclic) bond motifs is 1. The number of ether oxygens (including phenoxy) is 2. The first kappa shape index (κ1) is 30.6. The van der Waals surface area contributed by atoms with Crippen LogP contribution in [0.15, 0.2) is 140 Å². The molecule has 0 aliphatic carbocycles. The van der Waals surface area contributed by atoms with Gasteiger partial charge in [0.1, 0.15) is 12.4 Å². The third kappa shape index (κ3) is 7.62. The standard InChI is InChI=1S/C43H38O3/c1-31-26-32(2)28-39(27-31)45-25-11-17-38(29-33-12-5-3-6-13-33)42-40-18-10-9-16-37(40)23-24-41(42)43(44)46-30-34-19-21-36(22-20-34)35-14-7-4-8-15-35/h3-10,12-16,18-24,26-29H,11,17,25,30H2,1-2H3/b38-29-. The molecule has 0 spiro atoms. The van der Waals surface area contributed by atoms with E-state index >= 15 is 0 Å². The Labute approximate surface area is 271 Å². The largest absolute Gasteiger partial charge is 0.494 e. The Morgan fingerprint density at radius 2 is 1.33 bits per heavy atom. The lowest BCUT2D eigenvalue weighted by Gasteiger charge is -2.17. The fraction of sp³-hybridized carbons (Fsp3) is 0.140. The smallest absolute Gasteiger partial charge is 0.339 e. The van der Waals surface area contributed by atoms with Gasteiger partial charge in [0.25, 0.3) is 0 Å². The molecule has 0 bridgehead atoms. The average molecular weight is 603 g/mol. The highest BCUT2D eigenvalue weighted by molar-refractivity contribution is 6.07. The molecule has 46 heavy (non-hydrogen) atoms. The van der Waals surface area contributed by atoms with Gasteiger partial charge in [0.05, 0.1) is 12.2 Å². The van der Waals surface area contributed by atoms with Gasteiger partial charge in [-0.2, -0.15) is 0 Å². The molecule has 228 valence electrons. The van der Waals surface area contributed by atoms with Crippen molar-refractivity contribution in [3.8, 4) is 16.9 Å². The van der Waals surface area contributed by atoms with Crippen LogP contribution in [-0.2, 0) is 11.3 Å². The maximum absolute atomic E-state index is 13.8. The first-order valence-electron chi connectivity index (χ1n) is 15.8. The van der Waals surface area contributed by atoms with E-state index in [-0.39, 0.29) is 12.6 Å². The van der Waals surface area contributed by atoms with Crippen molar-refractivity contribution in [1.82, 2.24) is 0 Å². The van der Waals surface area contributed by atoms with Crippen molar-refractivity contribution in [3.63, 3.8) is 0 Å². The Bertz CT molecular complexity index is 1940. The molecule has 0 fully saturated rings. The van der Waals surface area contributed by atoms with Crippen molar-refractivity contribution < 1.29 is 14.3 Å². The zero-order chi connectivity index (χ0) is 31.7. The molecule has 0 atom stereocenters. The number of benzene rings is 6. The third-order valence-electron chi connectivity index (χ3n) is 8.10. The molecule has 0 radical (unpaired) electrons. The van der Waals surface area contributed by atoms with Gasteiger partial charge in [-0.1, -0.05) is 127 Å². The second kappa shape index (κ2) is 14.6. The normalized spacial score (nSPS) is 11.4. The van der Waals surface area contributed by atoms with Crippen LogP contribution in [0.1, 0.15) is 51.0 Å². The molecule has 0 saturated carbocycles. The van der Waals surface area contributed by atoms with Crippen LogP contribution in [-0.4, -0.2) is 12.6 Å². The van der Waals surface area contributed by atoms with Crippen LogP contribution >= 0.6 is 0 Å². The predicted molar refractivity (Wildman–Crippen MR) is 190 cm³/mol. The summed E-state index contributed by atoms with van der Waals surface area (Å²) in [6.07, 6.45) is 3.71. The molecule has 6 aromatic carbocycles. The second-order valence-electron chi connectivity index (χ2n) is 11.7. The van der Waals surface area contributed by atoms with Gasteiger partial charge in [0, 0.05) is 0 Å². The number of hydrogen-bond donors (Lipinski definition) is 0. The number of carbonyl (C=O) groups is 1. The van der Waals surface area contributed by atoms with Crippen molar-refractivity contribution in [2.24, 2.45) is 0 Å². The van der Waals surface area contributed by atoms with E-state index in [1.807, 2.05) is 72.8 Å². The van der Waals surface area contributed by atoms with Crippen LogP contribution in [0, 0.1) is 13.8 Å². The summed E-state index contributed by atoms with van der Waals surface area (Å²) in [6.45, 7) is 4.93. The molecule has 0 unspecified atom stereocenters. The van der Waals surface area contributed by atoms with Gasteiger partial charge in [-0.25, -0.2) is 4.79 Å². The molecular formula is C43H38O3. The van der Waals surface area contributed by atoms with Crippen LogP contribution in [0.5, 0.6) is 5.75 Å². The molecule has 3 heteroatoms. The van der Waals surface area contributed by atoms with E-state index in [9.17, 15) is 4.79 Å². The minimum Gasteiger partial charge on any atom is -0.494 e. The lowest BCUT2D eigenvalue weighted by Crippen LogP contribution is -2.09. The first-order chi connectivity index (χ1) is 22.5. The van der Waals surface area contributed by atoms with Crippen molar-refractivity contribution in [3.05, 3.63) is 173 Å². The lowest BCUT2D eigenvalue weighted by atomic mass is 9.89. The third-order valence-corrected chi connectivity index (χ3v) is 8.10. The highest BCUT2D eigenvalue weighted by Crippen LogP contribution is 2.34. The van der Waals surface area contributed by atoms with E-state index < -0.39 is 0 Å². The maximum atomic E-state index is 13.8. The summed E-state index contributed by atoms with van der Waals surface area (Å²) in [7, 11) is 0. The Morgan fingerprint density at radius 3 is 2.07 bits per heavy atom. The van der Waals surface area contributed by atoms with E-state index in [2.05, 4.69) is 86.7 Å². The lowest BCUT2D eigenvalue weighted by molar-refractivity contribution is 0.0472. The van der Waals surface area contributed by atoms with E-state index in [4.69, 9.17) is 9.47 Å². The zero-order valence-corrected chi connectivity index (χ0v) is 26.4. The number of allylic oxidation sites excluding steroid dienone is 1. The summed E-state index contributed by atoms with van der Waals surface area (Å²) in [4.78, 5) is 13.8. The fourth-order valence-corrected chi connectivity index (χ4v) is 5.93. The Kier molecular flexibility index (Phi) is 9.70. The van der Waals surface area contributed by atoms with E-state index in [0.717, 1.165) is 62.8 Å². The van der Waals surface area contributed by atoms with Gasteiger partial charge in [-0.15, -0.1) is 0 Å². The number of esters is 1. The average Bonchev–Trinajstić information content (AvgIpc) is 3.09. The fourth-order valence-electron chi connectivity index (χ4n) is 5.93. The molecule has 6 rings (SSSR count). The number of aryl methyl sites for hydroxylation is 2. The van der Waals surface area contributed by atoms with E-state index in [1.165, 1.54) is 11.1 Å². The molecule has 0 saturated heterocycles. The SMILES string of the molecule is Cc1cc(C)cc(OCCC/C(=C/c2ccccc2)c2c(C(=O)OCc3ccc(-c4ccccc4)cc3)ccc3ccccc23)c1. The minimum atomic E-state index is -0.335. The van der Waals surface area contributed by atoms with Crippen LogP contribution in [0.25, 0.3) is 33.5 Å². The van der Waals surface area contributed by atoms with E-state index in [0.29, 0.717) is 12.2 Å². The summed E-state index contributed by atoms with van der Waals surface area (Å²) in [6, 6.07) is 47.1. The van der Waals surface area contributed by atoms with Crippen LogP contribution < -0.4 is 4.74 Å². The van der Waals surface area contributed by atoms with Crippen molar-refractivity contribution in [2.45, 2.75) is 33.3 Å². The summed E-state index contributed by atoms with van der Waals surface area (Å²) < 4.78 is 12.1. The van der Waals surface area contributed by atoms with Crippen molar-refractivity contribution in [2.75, 3.05) is 6.61 Å². The topological polar surface area (TPSA) is 35.5 Å². The molecule has 0 aliphatic heterocycles. The van der Waals surface area contributed by atoms with Crippen molar-refractivity contribution >= 4 is 28.4 Å². The number of carbonyl (C=O) groups excluding carboxylic acids is 1. The summed E-state index contributed by atoms with van der Waals surface area (Å²) in [5.41, 5.74) is 9.24. The van der Waals surface area contributed by atoms with E-state index in [1.54, 1.807) is 0 Å². The van der Waals surface area contributed by atoms with Gasteiger partial charge in [-0.05, 0) is 100 Å². The molecule has 6 aromatic rings. The van der Waals surface area contributed by atoms with Gasteiger partial charge in [0.2, 0.25) is 0 Å². The van der Waals surface area contributed by atoms with Crippen LogP contribution in [0.4, 0.5) is 0 Å². The quantitative estimate of drug-likeness (QED) is 0.0841. The van der Waals surface area contributed by atoms with Crippen LogP contribution in [0.2, 0.25) is 0 Å². The first-order valence-corrected chi connectivity index (χ1v) is 15.8. The molecule has 0 aromatic heterocycles. The minimum absolute atomic E-state index is 0.196. The van der Waals surface area contributed by atoms with Crippen LogP contribution in [0.3, 0.4) is 0 Å². The molecule has 0 heterocycles. The van der Waals surface area contributed by atoms with Gasteiger partial charge in [-0.3, -0.25) is 0 Å². The molecule has 0 N–H and O–H groups in total. The Balaban J connectivity index is 1.27. The summed E-state index contributed by atoms with van der Waals surface area (Å²) >= 11 is 0. The van der Waals surface area contributed by atoms with Gasteiger partial charge < -0.3 is 9.47 Å². The molecule has 0 aliphatic rings. The zero-order valence-electron chi connectivity index (χ0n) is 26.4. The second-order valence-corrected chi connectivity index (χ2v) is 11.7. The summed E-state index contributed by atoms with van der Waals surface area (Å²) in [5, 5.41) is 2.11. The van der Waals surface area contributed by atoms with Gasteiger partial charge in [0.15, 0.2) is 0 Å². The predicted octanol–water partition coefficient (Wildman–Crippen LogP) is 10.9. The summed E-state index contributed by atoms with van der Waals surface area (Å²) in [5.74, 6) is 0.552. The molecular weight excluding hydrogens is 564 g/mol. The van der Waals surface area contributed by atoms with Gasteiger partial charge >= 0.3 is 5.97 Å². The monoisotopic (exact) mass is 602 g/mol. The maximum Gasteiger partial charge on any atom is 0.339 e. The highest BCUT2D eigenvalue weighted by Gasteiger charge is 2.19. The van der Waals surface area contributed by atoms with Crippen molar-refractivity contribution in [1.29, 1.82) is 0 Å². The highest BCUT2D eigenvalue weighted by atomic mass is 16.5. The molecule has 3 nitrogen and oxygen atoms in total. The number of rotatable bonds is 11.